The highest BCUT2D eigenvalue weighted by molar-refractivity contribution is 5.77. The second kappa shape index (κ2) is 7.04. The van der Waals surface area contributed by atoms with Gasteiger partial charge in [0.2, 0.25) is 0 Å². The Labute approximate surface area is 144 Å². The van der Waals surface area contributed by atoms with Crippen molar-refractivity contribution >= 4 is 5.97 Å². The van der Waals surface area contributed by atoms with Gasteiger partial charge in [-0.15, -0.1) is 0 Å². The van der Waals surface area contributed by atoms with Gasteiger partial charge in [-0.3, -0.25) is 4.79 Å². The van der Waals surface area contributed by atoms with E-state index in [-0.39, 0.29) is 16.9 Å². The Morgan fingerprint density at radius 1 is 1.12 bits per heavy atom. The monoisotopic (exact) mass is 334 g/mol. The van der Waals surface area contributed by atoms with Crippen LogP contribution in [0.3, 0.4) is 0 Å². The first-order chi connectivity index (χ1) is 11.1. The summed E-state index contributed by atoms with van der Waals surface area (Å²) >= 11 is 0. The van der Waals surface area contributed by atoms with Crippen LogP contribution in [-0.2, 0) is 17.6 Å². The van der Waals surface area contributed by atoms with Crippen molar-refractivity contribution in [1.29, 1.82) is 0 Å². The number of rotatable bonds is 8. The zero-order valence-corrected chi connectivity index (χ0v) is 15.1. The van der Waals surface area contributed by atoms with Gasteiger partial charge in [-0.25, -0.2) is 0 Å². The lowest BCUT2D eigenvalue weighted by Crippen LogP contribution is -2.14. The lowest BCUT2D eigenvalue weighted by atomic mass is 9.87. The van der Waals surface area contributed by atoms with Crippen LogP contribution in [-0.4, -0.2) is 21.3 Å². The van der Waals surface area contributed by atoms with Crippen molar-refractivity contribution < 1.29 is 20.1 Å². The molecular weight excluding hydrogens is 304 g/mol. The summed E-state index contributed by atoms with van der Waals surface area (Å²) in [6.07, 6.45) is 6.47. The Bertz CT molecular complexity index is 594. The quantitative estimate of drug-likeness (QED) is 0.605. The molecule has 4 nitrogen and oxygen atoms in total. The van der Waals surface area contributed by atoms with E-state index in [1.54, 1.807) is 6.07 Å². The lowest BCUT2D eigenvalue weighted by molar-refractivity contribution is -0.143. The van der Waals surface area contributed by atoms with Crippen LogP contribution in [0.1, 0.15) is 70.4 Å². The number of aliphatic carboxylic acids is 1. The summed E-state index contributed by atoms with van der Waals surface area (Å²) < 4.78 is 0. The molecule has 0 amide bonds. The first kappa shape index (κ1) is 18.6. The summed E-state index contributed by atoms with van der Waals surface area (Å²) in [4.78, 5) is 11.3. The molecule has 0 unspecified atom stereocenters. The van der Waals surface area contributed by atoms with Gasteiger partial charge in [0.25, 0.3) is 0 Å². The second-order valence-corrected chi connectivity index (χ2v) is 8.42. The molecule has 0 radical (unpaired) electrons. The third kappa shape index (κ3) is 4.65. The molecule has 4 heteroatoms. The molecule has 1 saturated carbocycles. The molecule has 2 rings (SSSR count). The number of carboxylic acid groups (broad SMARTS) is 1. The number of hydrogen-bond donors (Lipinski definition) is 3. The molecule has 0 aliphatic heterocycles. The maximum Gasteiger partial charge on any atom is 0.309 e. The number of hydrogen-bond acceptors (Lipinski definition) is 3. The van der Waals surface area contributed by atoms with Gasteiger partial charge in [-0.05, 0) is 68.4 Å². The van der Waals surface area contributed by atoms with Crippen molar-refractivity contribution in [2.45, 2.75) is 72.1 Å². The lowest BCUT2D eigenvalue weighted by Gasteiger charge is -2.19. The Hall–Kier alpha value is -1.71. The summed E-state index contributed by atoms with van der Waals surface area (Å²) in [5.74, 6) is -0.833. The molecule has 134 valence electrons. The zero-order valence-electron chi connectivity index (χ0n) is 15.1. The SMILES string of the molecule is CC(C)(C)CCCc1ccc(O)c(O)c1CCCC1(C(=O)O)CC1. The fraction of sp³-hybridized carbons (Fsp3) is 0.650. The highest BCUT2D eigenvalue weighted by atomic mass is 16.4. The standard InChI is InChI=1S/C20H30O4/c1-19(2,3)10-4-6-14-8-9-16(21)17(22)15(14)7-5-11-20(12-13-20)18(23)24/h8-9,21-22H,4-7,10-13H2,1-3H3,(H,23,24). The van der Waals surface area contributed by atoms with Crippen molar-refractivity contribution in [3.05, 3.63) is 23.3 Å². The van der Waals surface area contributed by atoms with Gasteiger partial charge < -0.3 is 15.3 Å². The fourth-order valence-electron chi connectivity index (χ4n) is 3.31. The summed E-state index contributed by atoms with van der Waals surface area (Å²) in [5, 5.41) is 29.3. The van der Waals surface area contributed by atoms with Gasteiger partial charge in [0.1, 0.15) is 0 Å². The first-order valence-corrected chi connectivity index (χ1v) is 8.91. The minimum atomic E-state index is -0.701. The van der Waals surface area contributed by atoms with E-state index in [1.807, 2.05) is 6.07 Å². The highest BCUT2D eigenvalue weighted by Gasteiger charge is 2.49. The Morgan fingerprint density at radius 2 is 1.79 bits per heavy atom. The molecule has 1 aliphatic carbocycles. The molecular formula is C20H30O4. The first-order valence-electron chi connectivity index (χ1n) is 8.91. The number of benzene rings is 1. The Kier molecular flexibility index (Phi) is 5.46. The summed E-state index contributed by atoms with van der Waals surface area (Å²) in [6, 6.07) is 3.43. The van der Waals surface area contributed by atoms with E-state index in [9.17, 15) is 20.1 Å². The number of carbonyl (C=O) groups is 1. The zero-order chi connectivity index (χ0) is 18.0. The van der Waals surface area contributed by atoms with E-state index >= 15 is 0 Å². The van der Waals surface area contributed by atoms with Gasteiger partial charge in [0, 0.05) is 5.56 Å². The predicted molar refractivity (Wildman–Crippen MR) is 94.4 cm³/mol. The number of phenolic OH excluding ortho intramolecular Hbond substituents is 2. The maximum atomic E-state index is 11.3. The van der Waals surface area contributed by atoms with E-state index in [1.165, 1.54) is 0 Å². The van der Waals surface area contributed by atoms with Crippen LogP contribution in [0.15, 0.2) is 12.1 Å². The number of carboxylic acids is 1. The van der Waals surface area contributed by atoms with Gasteiger partial charge in [0.05, 0.1) is 5.41 Å². The topological polar surface area (TPSA) is 77.8 Å². The van der Waals surface area contributed by atoms with Crippen molar-refractivity contribution in [1.82, 2.24) is 0 Å². The summed E-state index contributed by atoms with van der Waals surface area (Å²) in [6.45, 7) is 6.63. The molecule has 0 saturated heterocycles. The third-order valence-corrected chi connectivity index (χ3v) is 5.12. The molecule has 1 fully saturated rings. The van der Waals surface area contributed by atoms with Crippen LogP contribution in [0.25, 0.3) is 0 Å². The van der Waals surface area contributed by atoms with E-state index in [2.05, 4.69) is 20.8 Å². The van der Waals surface area contributed by atoms with Crippen LogP contribution in [0.5, 0.6) is 11.5 Å². The maximum absolute atomic E-state index is 11.3. The van der Waals surface area contributed by atoms with E-state index in [0.29, 0.717) is 12.8 Å². The van der Waals surface area contributed by atoms with E-state index < -0.39 is 11.4 Å². The molecule has 1 aliphatic rings. The van der Waals surface area contributed by atoms with Gasteiger partial charge in [0.15, 0.2) is 11.5 Å². The van der Waals surface area contributed by atoms with Crippen LogP contribution in [0, 0.1) is 10.8 Å². The smallest absolute Gasteiger partial charge is 0.309 e. The summed E-state index contributed by atoms with van der Waals surface area (Å²) in [5.41, 5.74) is 1.59. The Morgan fingerprint density at radius 3 is 2.33 bits per heavy atom. The third-order valence-electron chi connectivity index (χ3n) is 5.12. The molecule has 24 heavy (non-hydrogen) atoms. The highest BCUT2D eigenvalue weighted by Crippen LogP contribution is 2.50. The average molecular weight is 334 g/mol. The van der Waals surface area contributed by atoms with Crippen LogP contribution in [0.2, 0.25) is 0 Å². The fourth-order valence-corrected chi connectivity index (χ4v) is 3.31. The van der Waals surface area contributed by atoms with Crippen LogP contribution < -0.4 is 0 Å². The van der Waals surface area contributed by atoms with E-state index in [4.69, 9.17) is 0 Å². The van der Waals surface area contributed by atoms with Crippen molar-refractivity contribution in [2.24, 2.45) is 10.8 Å². The second-order valence-electron chi connectivity index (χ2n) is 8.42. The number of aromatic hydroxyl groups is 2. The van der Waals surface area contributed by atoms with E-state index in [0.717, 1.165) is 49.7 Å². The minimum absolute atomic E-state index is 0.0385. The average Bonchev–Trinajstić information content (AvgIpc) is 3.25. The van der Waals surface area contributed by atoms with Gasteiger partial charge >= 0.3 is 5.97 Å². The van der Waals surface area contributed by atoms with Crippen molar-refractivity contribution in [3.8, 4) is 11.5 Å². The number of aryl methyl sites for hydroxylation is 1. The van der Waals surface area contributed by atoms with Gasteiger partial charge in [-0.1, -0.05) is 26.8 Å². The Balaban J connectivity index is 2.01. The molecule has 0 aromatic heterocycles. The molecule has 0 atom stereocenters. The van der Waals surface area contributed by atoms with Crippen molar-refractivity contribution in [2.75, 3.05) is 0 Å². The molecule has 0 bridgehead atoms. The van der Waals surface area contributed by atoms with Gasteiger partial charge in [-0.2, -0.15) is 0 Å². The predicted octanol–water partition coefficient (Wildman–Crippen LogP) is 4.65. The van der Waals surface area contributed by atoms with Crippen LogP contribution >= 0.6 is 0 Å². The minimum Gasteiger partial charge on any atom is -0.504 e. The normalized spacial score (nSPS) is 16.1. The number of phenols is 2. The molecule has 3 N–H and O–H groups in total. The largest absolute Gasteiger partial charge is 0.504 e. The van der Waals surface area contributed by atoms with Crippen LogP contribution in [0.4, 0.5) is 0 Å². The summed E-state index contributed by atoms with van der Waals surface area (Å²) in [7, 11) is 0. The molecule has 0 spiro atoms. The molecule has 0 heterocycles. The molecule has 1 aromatic carbocycles. The molecule has 1 aromatic rings. The van der Waals surface area contributed by atoms with Crippen molar-refractivity contribution in [3.63, 3.8) is 0 Å².